The van der Waals surface area contributed by atoms with E-state index in [9.17, 15) is 0 Å². The Labute approximate surface area is 142 Å². The van der Waals surface area contributed by atoms with Crippen LogP contribution in [0.2, 0.25) is 0 Å². The standard InChI is InChI=1S/C20H16N2OSi/c21-16-17-22-23-24(18-10-4-1-5-11-18,19-12-6-2-7-13-19)20-14-8-3-9-15-20/h1-15,17H/b22-17+. The van der Waals surface area contributed by atoms with Gasteiger partial charge in [0.2, 0.25) is 0 Å². The Morgan fingerprint density at radius 1 is 0.708 bits per heavy atom. The van der Waals surface area contributed by atoms with E-state index in [1.54, 1.807) is 0 Å². The molecule has 0 saturated heterocycles. The Morgan fingerprint density at radius 3 is 1.42 bits per heavy atom. The van der Waals surface area contributed by atoms with Crippen LogP contribution in [0.3, 0.4) is 0 Å². The van der Waals surface area contributed by atoms with Crippen molar-refractivity contribution in [3.63, 3.8) is 0 Å². The van der Waals surface area contributed by atoms with Crippen molar-refractivity contribution >= 4 is 30.1 Å². The molecular weight excluding hydrogens is 312 g/mol. The average molecular weight is 328 g/mol. The highest BCUT2D eigenvalue weighted by molar-refractivity contribution is 7.07. The van der Waals surface area contributed by atoms with Crippen LogP contribution >= 0.6 is 0 Å². The van der Waals surface area contributed by atoms with Crippen molar-refractivity contribution in [2.75, 3.05) is 0 Å². The smallest absolute Gasteiger partial charge is 0.380 e. The van der Waals surface area contributed by atoms with Gasteiger partial charge in [0, 0.05) is 0 Å². The molecule has 24 heavy (non-hydrogen) atoms. The fourth-order valence-corrected chi connectivity index (χ4v) is 6.32. The van der Waals surface area contributed by atoms with E-state index in [1.165, 1.54) is 0 Å². The molecule has 0 aliphatic rings. The molecule has 0 amide bonds. The molecule has 0 saturated carbocycles. The summed E-state index contributed by atoms with van der Waals surface area (Å²) in [7, 11) is -2.81. The normalized spacial score (nSPS) is 11.1. The van der Waals surface area contributed by atoms with Crippen molar-refractivity contribution in [2.45, 2.75) is 0 Å². The van der Waals surface area contributed by atoms with Crippen LogP contribution in [0.5, 0.6) is 0 Å². The quantitative estimate of drug-likeness (QED) is 0.312. The Hall–Kier alpha value is -3.16. The topological polar surface area (TPSA) is 45.4 Å². The summed E-state index contributed by atoms with van der Waals surface area (Å²) in [5.41, 5.74) is 0. The monoisotopic (exact) mass is 328 g/mol. The second-order valence-corrected chi connectivity index (χ2v) is 8.51. The molecule has 3 aromatic rings. The van der Waals surface area contributed by atoms with Crippen LogP contribution in [0, 0.1) is 11.3 Å². The molecule has 0 N–H and O–H groups in total. The van der Waals surface area contributed by atoms with Crippen LogP contribution in [0.1, 0.15) is 0 Å². The van der Waals surface area contributed by atoms with Gasteiger partial charge in [-0.2, -0.15) is 5.26 Å². The minimum atomic E-state index is -2.81. The number of rotatable bonds is 5. The highest BCUT2D eigenvalue weighted by Crippen LogP contribution is 2.09. The fourth-order valence-electron chi connectivity index (χ4n) is 2.81. The Kier molecular flexibility index (Phi) is 4.85. The summed E-state index contributed by atoms with van der Waals surface area (Å²) >= 11 is 0. The van der Waals surface area contributed by atoms with Gasteiger partial charge in [0.25, 0.3) is 0 Å². The number of nitrogens with zero attached hydrogens (tertiary/aromatic N) is 2. The van der Waals surface area contributed by atoms with Gasteiger partial charge < -0.3 is 4.53 Å². The molecule has 0 radical (unpaired) electrons. The van der Waals surface area contributed by atoms with Crippen LogP contribution in [0.15, 0.2) is 96.2 Å². The molecule has 0 fully saturated rings. The van der Waals surface area contributed by atoms with E-state index in [2.05, 4.69) is 41.6 Å². The minimum absolute atomic E-state index is 1.08. The molecule has 0 aliphatic heterocycles. The number of hydrogen-bond donors (Lipinski definition) is 0. The molecule has 0 unspecified atom stereocenters. The van der Waals surface area contributed by atoms with Gasteiger partial charge in [-0.3, -0.25) is 0 Å². The second-order valence-electron chi connectivity index (χ2n) is 5.23. The summed E-state index contributed by atoms with van der Waals surface area (Å²) in [4.78, 5) is 0. The fraction of sp³-hybridized carbons (Fsp3) is 0. The predicted octanol–water partition coefficient (Wildman–Crippen LogP) is 2.18. The van der Waals surface area contributed by atoms with E-state index >= 15 is 0 Å². The summed E-state index contributed by atoms with van der Waals surface area (Å²) in [5, 5.41) is 16.0. The summed E-state index contributed by atoms with van der Waals surface area (Å²) in [5.74, 6) is 0. The molecule has 3 nitrogen and oxygen atoms in total. The lowest BCUT2D eigenvalue weighted by Gasteiger charge is -2.29. The van der Waals surface area contributed by atoms with E-state index in [0.29, 0.717) is 0 Å². The number of nitriles is 1. The van der Waals surface area contributed by atoms with E-state index in [1.807, 2.05) is 60.7 Å². The minimum Gasteiger partial charge on any atom is -0.437 e. The third-order valence-corrected chi connectivity index (χ3v) is 7.66. The second kappa shape index (κ2) is 7.40. The first-order valence-electron chi connectivity index (χ1n) is 7.64. The first-order chi connectivity index (χ1) is 11.9. The number of benzene rings is 3. The third kappa shape index (κ3) is 2.98. The van der Waals surface area contributed by atoms with E-state index in [-0.39, 0.29) is 0 Å². The first kappa shape index (κ1) is 15.7. The van der Waals surface area contributed by atoms with Crippen LogP contribution in [-0.2, 0) is 4.53 Å². The lowest BCUT2D eigenvalue weighted by molar-refractivity contribution is 0.352. The van der Waals surface area contributed by atoms with Gasteiger partial charge in [-0.05, 0) is 15.6 Å². The van der Waals surface area contributed by atoms with Crippen molar-refractivity contribution in [3.05, 3.63) is 91.0 Å². The maximum absolute atomic E-state index is 8.81. The van der Waals surface area contributed by atoms with Crippen LogP contribution in [0.4, 0.5) is 0 Å². The summed E-state index contributed by atoms with van der Waals surface area (Å²) in [6.07, 6.45) is 1.14. The maximum Gasteiger partial charge on any atom is 0.380 e. The summed E-state index contributed by atoms with van der Waals surface area (Å²) in [6.45, 7) is 0. The van der Waals surface area contributed by atoms with Crippen molar-refractivity contribution in [1.29, 1.82) is 5.26 Å². The van der Waals surface area contributed by atoms with Crippen LogP contribution in [-0.4, -0.2) is 14.5 Å². The zero-order chi connectivity index (χ0) is 16.7. The van der Waals surface area contributed by atoms with Gasteiger partial charge in [0.15, 0.2) is 0 Å². The maximum atomic E-state index is 8.81. The van der Waals surface area contributed by atoms with E-state index < -0.39 is 8.32 Å². The van der Waals surface area contributed by atoms with Gasteiger partial charge in [-0.25, -0.2) is 0 Å². The van der Waals surface area contributed by atoms with Gasteiger partial charge in [0.05, 0.1) is 0 Å². The first-order valence-corrected chi connectivity index (χ1v) is 9.55. The lowest BCUT2D eigenvalue weighted by Crippen LogP contribution is -2.68. The SMILES string of the molecule is N#C/C=N/O[Si](c1ccccc1)(c1ccccc1)c1ccccc1. The zero-order valence-electron chi connectivity index (χ0n) is 13.0. The van der Waals surface area contributed by atoms with Crippen molar-refractivity contribution in [2.24, 2.45) is 5.16 Å². The third-order valence-electron chi connectivity index (χ3n) is 3.84. The van der Waals surface area contributed by atoms with Crippen LogP contribution < -0.4 is 15.6 Å². The van der Waals surface area contributed by atoms with Crippen molar-refractivity contribution in [1.82, 2.24) is 0 Å². The Balaban J connectivity index is 2.28. The summed E-state index contributed by atoms with van der Waals surface area (Å²) < 4.78 is 6.11. The van der Waals surface area contributed by atoms with Crippen molar-refractivity contribution in [3.8, 4) is 6.07 Å². The number of oxime groups is 1. The molecule has 0 atom stereocenters. The van der Waals surface area contributed by atoms with Crippen molar-refractivity contribution < 1.29 is 4.53 Å². The molecule has 3 aromatic carbocycles. The largest absolute Gasteiger partial charge is 0.437 e. The summed E-state index contributed by atoms with van der Waals surface area (Å²) in [6, 6.07) is 32.2. The molecule has 0 aromatic heterocycles. The Morgan fingerprint density at radius 2 is 1.08 bits per heavy atom. The molecule has 3 rings (SSSR count). The highest BCUT2D eigenvalue weighted by Gasteiger charge is 2.44. The Bertz CT molecular complexity index is 746. The van der Waals surface area contributed by atoms with Gasteiger partial charge in [-0.15, -0.1) is 0 Å². The van der Waals surface area contributed by atoms with Gasteiger partial charge in [-0.1, -0.05) is 96.2 Å². The lowest BCUT2D eigenvalue weighted by atomic mass is 10.3. The average Bonchev–Trinajstić information content (AvgIpc) is 2.68. The van der Waals surface area contributed by atoms with E-state index in [0.717, 1.165) is 21.8 Å². The highest BCUT2D eigenvalue weighted by atomic mass is 28.4. The zero-order valence-corrected chi connectivity index (χ0v) is 14.0. The van der Waals surface area contributed by atoms with Crippen LogP contribution in [0.25, 0.3) is 0 Å². The van der Waals surface area contributed by atoms with Gasteiger partial charge >= 0.3 is 8.32 Å². The molecule has 116 valence electrons. The molecule has 0 aliphatic carbocycles. The van der Waals surface area contributed by atoms with Gasteiger partial charge in [0.1, 0.15) is 12.3 Å². The predicted molar refractivity (Wildman–Crippen MR) is 99.2 cm³/mol. The molecule has 0 bridgehead atoms. The molecule has 0 spiro atoms. The molecular formula is C20H16N2OSi. The molecule has 0 heterocycles. The number of hydrogen-bond acceptors (Lipinski definition) is 3. The molecule has 4 heteroatoms. The van der Waals surface area contributed by atoms with E-state index in [4.69, 9.17) is 9.79 Å².